The van der Waals surface area contributed by atoms with Crippen LogP contribution in [0.2, 0.25) is 0 Å². The smallest absolute Gasteiger partial charge is 0.348 e. The molecule has 2 aromatic rings. The van der Waals surface area contributed by atoms with Gasteiger partial charge in [-0.2, -0.15) is 0 Å². The summed E-state index contributed by atoms with van der Waals surface area (Å²) in [6, 6.07) is 5.37. The number of aryl methyl sites for hydroxylation is 1. The number of benzene rings is 1. The lowest BCUT2D eigenvalue weighted by Crippen LogP contribution is -2.03. The molecule has 0 fully saturated rings. The summed E-state index contributed by atoms with van der Waals surface area (Å²) >= 11 is 1.29. The topological polar surface area (TPSA) is 66.4 Å². The highest BCUT2D eigenvalue weighted by atomic mass is 32.1. The highest BCUT2D eigenvalue weighted by Crippen LogP contribution is 2.35. The zero-order valence-electron chi connectivity index (χ0n) is 14.9. The number of rotatable bonds is 7. The van der Waals surface area contributed by atoms with Gasteiger partial charge in [-0.15, -0.1) is 11.3 Å². The minimum Gasteiger partial charge on any atom is -0.496 e. The second-order valence-corrected chi connectivity index (χ2v) is 6.06. The molecule has 0 aliphatic carbocycles. The summed E-state index contributed by atoms with van der Waals surface area (Å²) in [5.74, 6) is 1.45. The Morgan fingerprint density at radius 3 is 2.32 bits per heavy atom. The van der Waals surface area contributed by atoms with Gasteiger partial charge in [0.25, 0.3) is 0 Å². The number of methoxy groups -OCH3 is 3. The van der Waals surface area contributed by atoms with Crippen LogP contribution in [-0.2, 0) is 4.74 Å². The van der Waals surface area contributed by atoms with Crippen molar-refractivity contribution in [1.29, 1.82) is 0 Å². The quantitative estimate of drug-likeness (QED) is 0.549. The van der Waals surface area contributed by atoms with Gasteiger partial charge in [-0.1, -0.05) is 0 Å². The highest BCUT2D eigenvalue weighted by Gasteiger charge is 2.15. The van der Waals surface area contributed by atoms with Crippen molar-refractivity contribution in [3.8, 4) is 17.2 Å². The summed E-state index contributed by atoms with van der Waals surface area (Å²) in [4.78, 5) is 16.9. The maximum atomic E-state index is 11.9. The van der Waals surface area contributed by atoms with Crippen LogP contribution in [-0.4, -0.2) is 40.1 Å². The average molecular weight is 363 g/mol. The van der Waals surface area contributed by atoms with Crippen molar-refractivity contribution in [3.63, 3.8) is 0 Å². The van der Waals surface area contributed by atoms with Crippen molar-refractivity contribution < 1.29 is 23.7 Å². The molecule has 0 amide bonds. The fraction of sp³-hybridized carbons (Fsp3) is 0.333. The molecule has 0 radical (unpaired) electrons. The fourth-order valence-corrected chi connectivity index (χ4v) is 3.13. The van der Waals surface area contributed by atoms with Crippen LogP contribution in [0.3, 0.4) is 0 Å². The third-order valence-electron chi connectivity index (χ3n) is 3.43. The van der Waals surface area contributed by atoms with Crippen LogP contribution in [0.25, 0.3) is 0 Å². The summed E-state index contributed by atoms with van der Waals surface area (Å²) in [5, 5.41) is 0.706. The van der Waals surface area contributed by atoms with Crippen LogP contribution < -0.4 is 14.2 Å². The van der Waals surface area contributed by atoms with Crippen LogP contribution >= 0.6 is 11.3 Å². The normalized spacial score (nSPS) is 10.8. The molecule has 25 heavy (non-hydrogen) atoms. The molecule has 7 heteroatoms. The molecule has 0 aliphatic heterocycles. The predicted octanol–water partition coefficient (Wildman–Crippen LogP) is 4.01. The molecule has 0 bridgehead atoms. The SMILES string of the molecule is CCOC(=O)c1sc(N=Cc2cc(OC)c(OC)cc2OC)cc1C. The Bertz CT molecular complexity index is 782. The van der Waals surface area contributed by atoms with Crippen molar-refractivity contribution in [2.45, 2.75) is 13.8 Å². The second kappa shape index (κ2) is 8.53. The van der Waals surface area contributed by atoms with Gasteiger partial charge in [-0.25, -0.2) is 9.79 Å². The highest BCUT2D eigenvalue weighted by molar-refractivity contribution is 7.17. The Kier molecular flexibility index (Phi) is 6.41. The lowest BCUT2D eigenvalue weighted by atomic mass is 10.2. The molecule has 2 rings (SSSR count). The van der Waals surface area contributed by atoms with Crippen molar-refractivity contribution >= 4 is 28.5 Å². The molecule has 1 aromatic carbocycles. The molecule has 0 saturated carbocycles. The van der Waals surface area contributed by atoms with Gasteiger partial charge in [-0.3, -0.25) is 0 Å². The standard InChI is InChI=1S/C18H21NO5S/c1-6-24-18(20)17-11(2)7-16(25-17)19-10-12-8-14(22-4)15(23-5)9-13(12)21-3/h7-10H,6H2,1-5H3. The maximum Gasteiger partial charge on any atom is 0.348 e. The number of hydrogen-bond donors (Lipinski definition) is 0. The molecular weight excluding hydrogens is 342 g/mol. The minimum atomic E-state index is -0.324. The zero-order valence-corrected chi connectivity index (χ0v) is 15.7. The van der Waals surface area contributed by atoms with E-state index in [1.54, 1.807) is 46.6 Å². The molecular formula is C18H21NO5S. The van der Waals surface area contributed by atoms with E-state index < -0.39 is 0 Å². The van der Waals surface area contributed by atoms with Crippen molar-refractivity contribution in [3.05, 3.63) is 34.2 Å². The van der Waals surface area contributed by atoms with Gasteiger partial charge in [0.2, 0.25) is 0 Å². The molecule has 0 atom stereocenters. The van der Waals surface area contributed by atoms with Crippen molar-refractivity contribution in [1.82, 2.24) is 0 Å². The molecule has 1 heterocycles. The zero-order chi connectivity index (χ0) is 18.4. The fourth-order valence-electron chi connectivity index (χ4n) is 2.22. The van der Waals surface area contributed by atoms with E-state index in [0.717, 1.165) is 11.1 Å². The third kappa shape index (κ3) is 4.30. The first-order valence-electron chi connectivity index (χ1n) is 7.65. The van der Waals surface area contributed by atoms with E-state index in [-0.39, 0.29) is 5.97 Å². The molecule has 0 unspecified atom stereocenters. The van der Waals surface area contributed by atoms with E-state index in [0.29, 0.717) is 33.7 Å². The van der Waals surface area contributed by atoms with E-state index in [1.807, 2.05) is 13.0 Å². The summed E-state index contributed by atoms with van der Waals surface area (Å²) in [6.45, 7) is 3.99. The Hall–Kier alpha value is -2.54. The van der Waals surface area contributed by atoms with Gasteiger partial charge < -0.3 is 18.9 Å². The lowest BCUT2D eigenvalue weighted by molar-refractivity contribution is 0.0531. The van der Waals surface area contributed by atoms with Crippen LogP contribution in [0.4, 0.5) is 5.00 Å². The first kappa shape index (κ1) is 18.8. The van der Waals surface area contributed by atoms with Gasteiger partial charge >= 0.3 is 5.97 Å². The molecule has 0 spiro atoms. The molecule has 134 valence electrons. The molecule has 0 saturated heterocycles. The summed E-state index contributed by atoms with van der Waals surface area (Å²) < 4.78 is 21.0. The van der Waals surface area contributed by atoms with Crippen LogP contribution in [0, 0.1) is 6.92 Å². The number of ether oxygens (including phenoxy) is 4. The maximum absolute atomic E-state index is 11.9. The number of carbonyl (C=O) groups is 1. The van der Waals surface area contributed by atoms with Crippen LogP contribution in [0.5, 0.6) is 17.2 Å². The van der Waals surface area contributed by atoms with Gasteiger partial charge in [0.15, 0.2) is 11.5 Å². The monoisotopic (exact) mass is 363 g/mol. The Morgan fingerprint density at radius 2 is 1.72 bits per heavy atom. The van der Waals surface area contributed by atoms with Crippen LogP contribution in [0.15, 0.2) is 23.2 Å². The van der Waals surface area contributed by atoms with Gasteiger partial charge in [0, 0.05) is 17.8 Å². The third-order valence-corrected chi connectivity index (χ3v) is 4.56. The first-order valence-corrected chi connectivity index (χ1v) is 8.47. The largest absolute Gasteiger partial charge is 0.496 e. The Balaban J connectivity index is 2.33. The second-order valence-electron chi connectivity index (χ2n) is 5.02. The Morgan fingerprint density at radius 1 is 1.08 bits per heavy atom. The van der Waals surface area contributed by atoms with Crippen molar-refractivity contribution in [2.75, 3.05) is 27.9 Å². The van der Waals surface area contributed by atoms with Crippen molar-refractivity contribution in [2.24, 2.45) is 4.99 Å². The number of nitrogens with zero attached hydrogens (tertiary/aromatic N) is 1. The van der Waals surface area contributed by atoms with E-state index in [1.165, 1.54) is 11.3 Å². The number of carbonyl (C=O) groups excluding carboxylic acids is 1. The number of hydrogen-bond acceptors (Lipinski definition) is 7. The molecule has 0 aliphatic rings. The Labute approximate surface area is 151 Å². The number of thiophene rings is 1. The predicted molar refractivity (Wildman–Crippen MR) is 98.4 cm³/mol. The number of esters is 1. The molecule has 1 aromatic heterocycles. The average Bonchev–Trinajstić information content (AvgIpc) is 3.00. The minimum absolute atomic E-state index is 0.324. The van der Waals surface area contributed by atoms with Gasteiger partial charge in [0.1, 0.15) is 15.6 Å². The molecule has 0 N–H and O–H groups in total. The summed E-state index contributed by atoms with van der Waals surface area (Å²) in [7, 11) is 4.71. The summed E-state index contributed by atoms with van der Waals surface area (Å²) in [5.41, 5.74) is 1.58. The summed E-state index contributed by atoms with van der Waals surface area (Å²) in [6.07, 6.45) is 1.67. The van der Waals surface area contributed by atoms with E-state index in [4.69, 9.17) is 18.9 Å². The first-order chi connectivity index (χ1) is 12.0. The van der Waals surface area contributed by atoms with Gasteiger partial charge in [0.05, 0.1) is 27.9 Å². The van der Waals surface area contributed by atoms with E-state index in [9.17, 15) is 4.79 Å². The van der Waals surface area contributed by atoms with Crippen LogP contribution in [0.1, 0.15) is 27.7 Å². The lowest BCUT2D eigenvalue weighted by Gasteiger charge is -2.11. The van der Waals surface area contributed by atoms with E-state index >= 15 is 0 Å². The van der Waals surface area contributed by atoms with E-state index in [2.05, 4.69) is 4.99 Å². The molecule has 6 nitrogen and oxygen atoms in total. The van der Waals surface area contributed by atoms with Gasteiger partial charge in [-0.05, 0) is 31.5 Å². The number of aliphatic imine (C=N–C) groups is 1.